The van der Waals surface area contributed by atoms with Crippen molar-refractivity contribution in [2.45, 2.75) is 19.0 Å². The molecule has 0 saturated carbocycles. The van der Waals surface area contributed by atoms with Crippen molar-refractivity contribution in [3.63, 3.8) is 0 Å². The lowest BCUT2D eigenvalue weighted by Gasteiger charge is -2.22. The van der Waals surface area contributed by atoms with Gasteiger partial charge in [0.05, 0.1) is 6.54 Å². The van der Waals surface area contributed by atoms with Crippen molar-refractivity contribution in [1.82, 2.24) is 20.2 Å². The molecular weight excluding hydrogens is 176 g/mol. The summed E-state index contributed by atoms with van der Waals surface area (Å²) in [5, 5.41) is 3.36. The van der Waals surface area contributed by atoms with Crippen LogP contribution in [0.15, 0.2) is 18.5 Å². The highest BCUT2D eigenvalue weighted by Crippen LogP contribution is 2.08. The summed E-state index contributed by atoms with van der Waals surface area (Å²) >= 11 is 0. The van der Waals surface area contributed by atoms with Gasteiger partial charge in [-0.05, 0) is 26.1 Å². The third kappa shape index (κ3) is 2.27. The average molecular weight is 192 g/mol. The number of hydrogen-bond donors (Lipinski definition) is 1. The fourth-order valence-electron chi connectivity index (χ4n) is 1.78. The molecule has 1 unspecified atom stereocenters. The second kappa shape index (κ2) is 4.48. The zero-order valence-electron chi connectivity index (χ0n) is 8.48. The lowest BCUT2D eigenvalue weighted by molar-refractivity contribution is 0.243. The highest BCUT2D eigenvalue weighted by molar-refractivity contribution is 4.90. The largest absolute Gasteiger partial charge is 0.315 e. The maximum Gasteiger partial charge on any atom is 0.142 e. The Morgan fingerprint density at radius 3 is 2.93 bits per heavy atom. The Labute approximate surface area is 84.4 Å². The molecule has 1 aromatic heterocycles. The van der Waals surface area contributed by atoms with Crippen LogP contribution in [-0.2, 0) is 6.54 Å². The Morgan fingerprint density at radius 2 is 2.29 bits per heavy atom. The van der Waals surface area contributed by atoms with Crippen molar-refractivity contribution >= 4 is 0 Å². The molecular formula is C10H16N4. The first-order valence-electron chi connectivity index (χ1n) is 5.03. The Balaban J connectivity index is 1.90. The first-order chi connectivity index (χ1) is 6.86. The quantitative estimate of drug-likeness (QED) is 0.746. The maximum absolute atomic E-state index is 4.22. The van der Waals surface area contributed by atoms with Crippen molar-refractivity contribution in [3.05, 3.63) is 24.3 Å². The number of likely N-dealkylation sites (N-methyl/N-ethyl adjacent to an activating group) is 1. The number of rotatable bonds is 3. The zero-order valence-corrected chi connectivity index (χ0v) is 8.48. The van der Waals surface area contributed by atoms with E-state index in [0.29, 0.717) is 6.04 Å². The van der Waals surface area contributed by atoms with Crippen molar-refractivity contribution in [2.75, 3.05) is 20.1 Å². The van der Waals surface area contributed by atoms with E-state index < -0.39 is 0 Å². The molecule has 4 heteroatoms. The van der Waals surface area contributed by atoms with E-state index in [1.165, 1.54) is 6.42 Å². The van der Waals surface area contributed by atoms with Gasteiger partial charge in [-0.1, -0.05) is 0 Å². The van der Waals surface area contributed by atoms with Crippen LogP contribution in [0.4, 0.5) is 0 Å². The molecule has 14 heavy (non-hydrogen) atoms. The highest BCUT2D eigenvalue weighted by atomic mass is 15.2. The third-order valence-corrected chi connectivity index (χ3v) is 2.67. The van der Waals surface area contributed by atoms with Gasteiger partial charge in [-0.3, -0.25) is 4.90 Å². The molecule has 2 rings (SSSR count). The number of nitrogens with zero attached hydrogens (tertiary/aromatic N) is 3. The van der Waals surface area contributed by atoms with Crippen molar-refractivity contribution < 1.29 is 0 Å². The molecule has 0 radical (unpaired) electrons. The molecule has 0 aliphatic carbocycles. The summed E-state index contributed by atoms with van der Waals surface area (Å²) in [4.78, 5) is 10.7. The van der Waals surface area contributed by atoms with E-state index >= 15 is 0 Å². The van der Waals surface area contributed by atoms with E-state index in [1.807, 2.05) is 6.07 Å². The molecule has 0 aromatic carbocycles. The van der Waals surface area contributed by atoms with Gasteiger partial charge >= 0.3 is 0 Å². The number of aromatic nitrogens is 2. The summed E-state index contributed by atoms with van der Waals surface area (Å²) in [6.45, 7) is 3.06. The predicted molar refractivity (Wildman–Crippen MR) is 54.8 cm³/mol. The Morgan fingerprint density at radius 1 is 1.50 bits per heavy atom. The minimum Gasteiger partial charge on any atom is -0.315 e. The van der Waals surface area contributed by atoms with Gasteiger partial charge in [0.1, 0.15) is 5.82 Å². The standard InChI is InChI=1S/C10H16N4/c1-14(9-3-6-11-7-9)8-10-12-4-2-5-13-10/h2,4-5,9,11H,3,6-8H2,1H3. The Hall–Kier alpha value is -1.00. The fourth-order valence-corrected chi connectivity index (χ4v) is 1.78. The van der Waals surface area contributed by atoms with Gasteiger partial charge in [0, 0.05) is 25.0 Å². The van der Waals surface area contributed by atoms with Crippen LogP contribution in [-0.4, -0.2) is 41.0 Å². The molecule has 76 valence electrons. The summed E-state index contributed by atoms with van der Waals surface area (Å²) in [6.07, 6.45) is 4.81. The second-order valence-electron chi connectivity index (χ2n) is 3.73. The Kier molecular flexibility index (Phi) is 3.06. The van der Waals surface area contributed by atoms with E-state index in [2.05, 4.69) is 27.2 Å². The lowest BCUT2D eigenvalue weighted by Crippen LogP contribution is -2.33. The fraction of sp³-hybridized carbons (Fsp3) is 0.600. The van der Waals surface area contributed by atoms with Crippen molar-refractivity contribution in [3.8, 4) is 0 Å². The van der Waals surface area contributed by atoms with Gasteiger partial charge in [-0.15, -0.1) is 0 Å². The predicted octanol–water partition coefficient (Wildman–Crippen LogP) is 0.270. The molecule has 1 aliphatic rings. The van der Waals surface area contributed by atoms with Gasteiger partial charge < -0.3 is 5.32 Å². The first kappa shape index (κ1) is 9.55. The molecule has 0 spiro atoms. The summed E-state index contributed by atoms with van der Waals surface area (Å²) in [5.41, 5.74) is 0. The van der Waals surface area contributed by atoms with Crippen LogP contribution in [0.2, 0.25) is 0 Å². The number of nitrogens with one attached hydrogen (secondary N) is 1. The molecule has 0 bridgehead atoms. The first-order valence-corrected chi connectivity index (χ1v) is 5.03. The zero-order chi connectivity index (χ0) is 9.80. The molecule has 1 aromatic rings. The van der Waals surface area contributed by atoms with Crippen LogP contribution in [0.1, 0.15) is 12.2 Å². The van der Waals surface area contributed by atoms with E-state index in [9.17, 15) is 0 Å². The van der Waals surface area contributed by atoms with E-state index in [-0.39, 0.29) is 0 Å². The maximum atomic E-state index is 4.22. The molecule has 2 heterocycles. The van der Waals surface area contributed by atoms with Gasteiger partial charge in [0.25, 0.3) is 0 Å². The topological polar surface area (TPSA) is 41.1 Å². The van der Waals surface area contributed by atoms with Crippen LogP contribution >= 0.6 is 0 Å². The number of hydrogen-bond acceptors (Lipinski definition) is 4. The van der Waals surface area contributed by atoms with E-state index in [4.69, 9.17) is 0 Å². The monoisotopic (exact) mass is 192 g/mol. The van der Waals surface area contributed by atoms with Crippen LogP contribution in [0.3, 0.4) is 0 Å². The van der Waals surface area contributed by atoms with E-state index in [1.54, 1.807) is 12.4 Å². The Bertz CT molecular complexity index is 269. The highest BCUT2D eigenvalue weighted by Gasteiger charge is 2.19. The van der Waals surface area contributed by atoms with Crippen LogP contribution < -0.4 is 5.32 Å². The lowest BCUT2D eigenvalue weighted by atomic mass is 10.2. The van der Waals surface area contributed by atoms with Gasteiger partial charge in [0.2, 0.25) is 0 Å². The summed E-state index contributed by atoms with van der Waals surface area (Å²) in [7, 11) is 2.13. The van der Waals surface area contributed by atoms with Crippen molar-refractivity contribution in [2.24, 2.45) is 0 Å². The van der Waals surface area contributed by atoms with Gasteiger partial charge in [-0.2, -0.15) is 0 Å². The third-order valence-electron chi connectivity index (χ3n) is 2.67. The molecule has 1 N–H and O–H groups in total. The second-order valence-corrected chi connectivity index (χ2v) is 3.73. The van der Waals surface area contributed by atoms with Gasteiger partial charge in [0.15, 0.2) is 0 Å². The molecule has 1 saturated heterocycles. The molecule has 1 fully saturated rings. The van der Waals surface area contributed by atoms with Crippen molar-refractivity contribution in [1.29, 1.82) is 0 Å². The smallest absolute Gasteiger partial charge is 0.142 e. The molecule has 1 aliphatic heterocycles. The average Bonchev–Trinajstić information content (AvgIpc) is 2.72. The molecule has 0 amide bonds. The van der Waals surface area contributed by atoms with Crippen LogP contribution in [0.5, 0.6) is 0 Å². The molecule has 4 nitrogen and oxygen atoms in total. The van der Waals surface area contributed by atoms with Crippen LogP contribution in [0, 0.1) is 0 Å². The van der Waals surface area contributed by atoms with E-state index in [0.717, 1.165) is 25.5 Å². The normalized spacial score (nSPS) is 21.7. The minimum atomic E-state index is 0.638. The summed E-state index contributed by atoms with van der Waals surface area (Å²) in [5.74, 6) is 0.905. The minimum absolute atomic E-state index is 0.638. The van der Waals surface area contributed by atoms with Gasteiger partial charge in [-0.25, -0.2) is 9.97 Å². The van der Waals surface area contributed by atoms with Crippen LogP contribution in [0.25, 0.3) is 0 Å². The summed E-state index contributed by atoms with van der Waals surface area (Å²) < 4.78 is 0. The SMILES string of the molecule is CN(Cc1ncccn1)C1CCNC1. The summed E-state index contributed by atoms with van der Waals surface area (Å²) in [6, 6.07) is 2.49. The molecule has 1 atom stereocenters.